The third-order valence-corrected chi connectivity index (χ3v) is 7.07. The second kappa shape index (κ2) is 7.60. The maximum atomic E-state index is 12.2. The van der Waals surface area contributed by atoms with E-state index in [0.717, 1.165) is 38.0 Å². The first-order valence-electron chi connectivity index (χ1n) is 7.99. The Balaban J connectivity index is 1.55. The number of rotatable bonds is 6. The summed E-state index contributed by atoms with van der Waals surface area (Å²) in [6.45, 7) is 3.09. The number of hydrogen-bond acceptors (Lipinski definition) is 6. The fraction of sp³-hybridized carbons (Fsp3) is 0.438. The number of sulfonamides is 1. The van der Waals surface area contributed by atoms with Crippen LogP contribution in [0.2, 0.25) is 0 Å². The predicted octanol–water partition coefficient (Wildman–Crippen LogP) is 1.92. The van der Waals surface area contributed by atoms with E-state index in [-0.39, 0.29) is 0 Å². The van der Waals surface area contributed by atoms with Crippen LogP contribution in [0.25, 0.3) is 0 Å². The average Bonchev–Trinajstić information content (AvgIpc) is 3.11. The first-order chi connectivity index (χ1) is 11.5. The second-order valence-corrected chi connectivity index (χ2v) is 9.02. The third-order valence-electron chi connectivity index (χ3n) is 4.25. The number of likely N-dealkylation sites (tertiary alicyclic amines) is 1. The topological polar surface area (TPSA) is 88.3 Å². The molecule has 3 rings (SSSR count). The van der Waals surface area contributed by atoms with E-state index in [4.69, 9.17) is 5.73 Å². The van der Waals surface area contributed by atoms with Crippen LogP contribution in [0.1, 0.15) is 18.4 Å². The van der Waals surface area contributed by atoms with Crippen molar-refractivity contribution >= 4 is 27.2 Å². The van der Waals surface area contributed by atoms with E-state index < -0.39 is 10.0 Å². The number of nitrogens with zero attached hydrogens (tertiary/aromatic N) is 2. The smallest absolute Gasteiger partial charge is 0.250 e. The first kappa shape index (κ1) is 17.3. The lowest BCUT2D eigenvalue weighted by Crippen LogP contribution is -2.40. The average molecular weight is 367 g/mol. The SMILES string of the molecule is Nc1ncccc1CN1CCCC(CNS(=O)(=O)c2cccs2)C1. The van der Waals surface area contributed by atoms with E-state index >= 15 is 0 Å². The highest BCUT2D eigenvalue weighted by Crippen LogP contribution is 2.21. The van der Waals surface area contributed by atoms with E-state index in [0.29, 0.717) is 22.5 Å². The van der Waals surface area contributed by atoms with Gasteiger partial charge in [0, 0.05) is 31.4 Å². The van der Waals surface area contributed by atoms with Crippen LogP contribution < -0.4 is 10.5 Å². The summed E-state index contributed by atoms with van der Waals surface area (Å²) in [7, 11) is -3.38. The summed E-state index contributed by atoms with van der Waals surface area (Å²) in [5.74, 6) is 0.879. The number of nitrogen functional groups attached to an aromatic ring is 1. The zero-order valence-corrected chi connectivity index (χ0v) is 15.0. The molecule has 1 atom stereocenters. The van der Waals surface area contributed by atoms with Gasteiger partial charge < -0.3 is 5.73 Å². The van der Waals surface area contributed by atoms with E-state index in [2.05, 4.69) is 14.6 Å². The van der Waals surface area contributed by atoms with Crippen LogP contribution in [0.5, 0.6) is 0 Å². The molecule has 6 nitrogen and oxygen atoms in total. The summed E-state index contributed by atoms with van der Waals surface area (Å²) >= 11 is 1.24. The number of pyridine rings is 1. The lowest BCUT2D eigenvalue weighted by Gasteiger charge is -2.32. The molecule has 0 spiro atoms. The summed E-state index contributed by atoms with van der Waals surface area (Å²) in [6.07, 6.45) is 3.79. The number of thiophene rings is 1. The van der Waals surface area contributed by atoms with Crippen molar-refractivity contribution in [3.8, 4) is 0 Å². The number of piperidine rings is 1. The Morgan fingerprint density at radius 1 is 1.38 bits per heavy atom. The van der Waals surface area contributed by atoms with Gasteiger partial charge in [-0.1, -0.05) is 12.1 Å². The Morgan fingerprint density at radius 2 is 2.25 bits per heavy atom. The summed E-state index contributed by atoms with van der Waals surface area (Å²) in [5, 5.41) is 1.77. The molecule has 0 saturated carbocycles. The lowest BCUT2D eigenvalue weighted by molar-refractivity contribution is 0.169. The number of hydrogen-bond donors (Lipinski definition) is 2. The Kier molecular flexibility index (Phi) is 5.50. The summed E-state index contributed by atoms with van der Waals surface area (Å²) in [5.41, 5.74) is 6.94. The Labute approximate surface area is 146 Å². The quantitative estimate of drug-likeness (QED) is 0.815. The molecular formula is C16H22N4O2S2. The monoisotopic (exact) mass is 366 g/mol. The van der Waals surface area contributed by atoms with Gasteiger partial charge in [0.15, 0.2) is 0 Å². The van der Waals surface area contributed by atoms with Crippen LogP contribution >= 0.6 is 11.3 Å². The predicted molar refractivity (Wildman–Crippen MR) is 96.2 cm³/mol. The van der Waals surface area contributed by atoms with Crippen LogP contribution in [0, 0.1) is 5.92 Å². The molecule has 130 valence electrons. The summed E-state index contributed by atoms with van der Waals surface area (Å²) < 4.78 is 27.5. The van der Waals surface area contributed by atoms with Crippen molar-refractivity contribution in [3.05, 3.63) is 41.4 Å². The minimum atomic E-state index is -3.38. The van der Waals surface area contributed by atoms with Crippen molar-refractivity contribution in [2.24, 2.45) is 5.92 Å². The van der Waals surface area contributed by atoms with Crippen molar-refractivity contribution in [1.29, 1.82) is 0 Å². The van der Waals surface area contributed by atoms with Crippen LogP contribution in [0.3, 0.4) is 0 Å². The van der Waals surface area contributed by atoms with Crippen LogP contribution in [0.4, 0.5) is 5.82 Å². The second-order valence-electron chi connectivity index (χ2n) is 6.08. The molecule has 0 aliphatic carbocycles. The molecule has 1 fully saturated rings. The molecule has 8 heteroatoms. The fourth-order valence-corrected chi connectivity index (χ4v) is 5.16. The molecule has 1 aliphatic heterocycles. The van der Waals surface area contributed by atoms with E-state index in [9.17, 15) is 8.42 Å². The molecule has 0 bridgehead atoms. The number of aromatic nitrogens is 1. The van der Waals surface area contributed by atoms with Gasteiger partial charge in [-0.25, -0.2) is 18.1 Å². The third kappa shape index (κ3) is 4.32. The van der Waals surface area contributed by atoms with Crippen molar-refractivity contribution in [2.75, 3.05) is 25.4 Å². The zero-order valence-electron chi connectivity index (χ0n) is 13.4. The molecule has 1 aliphatic rings. The Bertz CT molecular complexity index is 762. The molecule has 3 heterocycles. The van der Waals surface area contributed by atoms with Crippen molar-refractivity contribution in [3.63, 3.8) is 0 Å². The van der Waals surface area contributed by atoms with E-state index in [1.165, 1.54) is 11.3 Å². The van der Waals surface area contributed by atoms with Gasteiger partial charge in [0.2, 0.25) is 10.0 Å². The zero-order chi connectivity index (χ0) is 17.0. The highest BCUT2D eigenvalue weighted by molar-refractivity contribution is 7.91. The molecule has 1 saturated heterocycles. The van der Waals surface area contributed by atoms with Crippen LogP contribution in [-0.2, 0) is 16.6 Å². The van der Waals surface area contributed by atoms with Gasteiger partial charge in [0.1, 0.15) is 10.0 Å². The molecule has 2 aromatic rings. The normalized spacial score (nSPS) is 19.4. The molecule has 0 aromatic carbocycles. The van der Waals surface area contributed by atoms with Crippen molar-refractivity contribution in [1.82, 2.24) is 14.6 Å². The number of nitrogens with two attached hydrogens (primary N) is 1. The maximum absolute atomic E-state index is 12.2. The first-order valence-corrected chi connectivity index (χ1v) is 10.4. The molecule has 24 heavy (non-hydrogen) atoms. The molecule has 0 amide bonds. The lowest BCUT2D eigenvalue weighted by atomic mass is 9.98. The van der Waals surface area contributed by atoms with Crippen LogP contribution in [0.15, 0.2) is 40.1 Å². The molecular weight excluding hydrogens is 344 g/mol. The van der Waals surface area contributed by atoms with Gasteiger partial charge in [0.25, 0.3) is 0 Å². The van der Waals surface area contributed by atoms with Crippen molar-refractivity contribution < 1.29 is 8.42 Å². The largest absolute Gasteiger partial charge is 0.383 e. The minimum Gasteiger partial charge on any atom is -0.383 e. The van der Waals surface area contributed by atoms with Gasteiger partial charge >= 0.3 is 0 Å². The summed E-state index contributed by atoms with van der Waals surface area (Å²) in [6, 6.07) is 7.26. The van der Waals surface area contributed by atoms with Crippen molar-refractivity contribution in [2.45, 2.75) is 23.6 Å². The maximum Gasteiger partial charge on any atom is 0.250 e. The van der Waals surface area contributed by atoms with Gasteiger partial charge in [-0.15, -0.1) is 11.3 Å². The molecule has 2 aromatic heterocycles. The van der Waals surface area contributed by atoms with Gasteiger partial charge in [-0.2, -0.15) is 0 Å². The van der Waals surface area contributed by atoms with E-state index in [1.807, 2.05) is 12.1 Å². The molecule has 1 unspecified atom stereocenters. The standard InChI is InChI=1S/C16H22N4O2S2/c17-16-14(5-1-7-18-16)12-20-8-2-4-13(11-20)10-19-24(21,22)15-6-3-9-23-15/h1,3,5-7,9,13,19H,2,4,8,10-12H2,(H2,17,18). The van der Waals surface area contributed by atoms with E-state index in [1.54, 1.807) is 23.7 Å². The fourth-order valence-electron chi connectivity index (χ4n) is 3.00. The number of nitrogens with one attached hydrogen (secondary N) is 1. The highest BCUT2D eigenvalue weighted by Gasteiger charge is 2.23. The minimum absolute atomic E-state index is 0.311. The van der Waals surface area contributed by atoms with Gasteiger partial charge in [-0.05, 0) is 42.8 Å². The molecule has 3 N–H and O–H groups in total. The van der Waals surface area contributed by atoms with Crippen LogP contribution in [-0.4, -0.2) is 37.9 Å². The summed E-state index contributed by atoms with van der Waals surface area (Å²) in [4.78, 5) is 6.44. The Hall–Kier alpha value is -1.48. The number of anilines is 1. The van der Waals surface area contributed by atoms with Gasteiger partial charge in [0.05, 0.1) is 0 Å². The highest BCUT2D eigenvalue weighted by atomic mass is 32.2. The Morgan fingerprint density at radius 3 is 3.00 bits per heavy atom. The molecule has 0 radical (unpaired) electrons. The van der Waals surface area contributed by atoms with Gasteiger partial charge in [-0.3, -0.25) is 4.90 Å².